The zero-order valence-corrected chi connectivity index (χ0v) is 14.3. The topological polar surface area (TPSA) is 78.5 Å². The SMILES string of the molecule is CNC(=O)c1ccc(S(=O)(=O)N2CCCC(NC)C2)cc1.Cl. The van der Waals surface area contributed by atoms with Gasteiger partial charge in [-0.05, 0) is 44.2 Å². The van der Waals surface area contributed by atoms with Crippen LogP contribution in [-0.4, -0.2) is 51.9 Å². The van der Waals surface area contributed by atoms with E-state index in [1.165, 1.54) is 28.6 Å². The van der Waals surface area contributed by atoms with E-state index in [4.69, 9.17) is 0 Å². The van der Waals surface area contributed by atoms with Crippen LogP contribution < -0.4 is 10.6 Å². The second-order valence-corrected chi connectivity index (χ2v) is 7.03. The number of nitrogens with zero attached hydrogens (tertiary/aromatic N) is 1. The van der Waals surface area contributed by atoms with Crippen molar-refractivity contribution in [3.8, 4) is 0 Å². The number of likely N-dealkylation sites (N-methyl/N-ethyl adjacent to an activating group) is 1. The minimum absolute atomic E-state index is 0. The molecule has 22 heavy (non-hydrogen) atoms. The number of halogens is 1. The summed E-state index contributed by atoms with van der Waals surface area (Å²) in [4.78, 5) is 11.7. The number of rotatable bonds is 4. The van der Waals surface area contributed by atoms with Crippen molar-refractivity contribution < 1.29 is 13.2 Å². The van der Waals surface area contributed by atoms with E-state index in [-0.39, 0.29) is 29.3 Å². The Morgan fingerprint density at radius 3 is 2.41 bits per heavy atom. The van der Waals surface area contributed by atoms with Gasteiger partial charge in [-0.3, -0.25) is 4.79 Å². The summed E-state index contributed by atoms with van der Waals surface area (Å²) in [7, 11) is -0.106. The molecule has 1 heterocycles. The van der Waals surface area contributed by atoms with Gasteiger partial charge in [0.15, 0.2) is 0 Å². The summed E-state index contributed by atoms with van der Waals surface area (Å²) in [6.07, 6.45) is 1.83. The fourth-order valence-corrected chi connectivity index (χ4v) is 3.99. The van der Waals surface area contributed by atoms with Crippen LogP contribution in [0.15, 0.2) is 29.2 Å². The van der Waals surface area contributed by atoms with Crippen LogP contribution in [0.25, 0.3) is 0 Å². The molecule has 1 aliphatic rings. The lowest BCUT2D eigenvalue weighted by atomic mass is 10.1. The molecule has 0 radical (unpaired) electrons. The smallest absolute Gasteiger partial charge is 0.251 e. The summed E-state index contributed by atoms with van der Waals surface area (Å²) >= 11 is 0. The summed E-state index contributed by atoms with van der Waals surface area (Å²) in [6, 6.07) is 6.24. The van der Waals surface area contributed by atoms with Crippen molar-refractivity contribution in [3.63, 3.8) is 0 Å². The van der Waals surface area contributed by atoms with E-state index in [0.29, 0.717) is 18.7 Å². The van der Waals surface area contributed by atoms with Crippen molar-refractivity contribution in [3.05, 3.63) is 29.8 Å². The first-order valence-electron chi connectivity index (χ1n) is 6.98. The summed E-state index contributed by atoms with van der Waals surface area (Å²) in [6.45, 7) is 1.02. The number of sulfonamides is 1. The molecule has 8 heteroatoms. The van der Waals surface area contributed by atoms with Crippen LogP contribution >= 0.6 is 12.4 Å². The van der Waals surface area contributed by atoms with Crippen LogP contribution in [0.1, 0.15) is 23.2 Å². The van der Waals surface area contributed by atoms with E-state index in [0.717, 1.165) is 12.8 Å². The van der Waals surface area contributed by atoms with E-state index in [2.05, 4.69) is 10.6 Å². The molecule has 0 spiro atoms. The van der Waals surface area contributed by atoms with E-state index in [1.807, 2.05) is 7.05 Å². The van der Waals surface area contributed by atoms with E-state index < -0.39 is 10.0 Å². The van der Waals surface area contributed by atoms with Crippen LogP contribution in [0, 0.1) is 0 Å². The van der Waals surface area contributed by atoms with Crippen LogP contribution in [0.3, 0.4) is 0 Å². The quantitative estimate of drug-likeness (QED) is 0.846. The zero-order chi connectivity index (χ0) is 15.5. The molecule has 1 aromatic carbocycles. The van der Waals surface area contributed by atoms with Gasteiger partial charge in [0.05, 0.1) is 4.90 Å². The van der Waals surface area contributed by atoms with Gasteiger partial charge < -0.3 is 10.6 Å². The normalized spacial score (nSPS) is 19.3. The summed E-state index contributed by atoms with van der Waals surface area (Å²) in [5.74, 6) is -0.229. The summed E-state index contributed by atoms with van der Waals surface area (Å²) in [5, 5.41) is 5.64. The van der Waals surface area contributed by atoms with Crippen LogP contribution in [0.4, 0.5) is 0 Å². The Morgan fingerprint density at radius 1 is 1.23 bits per heavy atom. The third-order valence-corrected chi connectivity index (χ3v) is 5.65. The monoisotopic (exact) mass is 347 g/mol. The molecule has 1 amide bonds. The maximum Gasteiger partial charge on any atom is 0.251 e. The molecule has 2 rings (SSSR count). The van der Waals surface area contributed by atoms with Crippen molar-refractivity contribution in [1.29, 1.82) is 0 Å². The highest BCUT2D eigenvalue weighted by molar-refractivity contribution is 7.89. The predicted octanol–water partition coefficient (Wildman–Crippen LogP) is 0.841. The van der Waals surface area contributed by atoms with Crippen LogP contribution in [0.5, 0.6) is 0 Å². The first-order valence-corrected chi connectivity index (χ1v) is 8.42. The van der Waals surface area contributed by atoms with Crippen LogP contribution in [-0.2, 0) is 10.0 Å². The van der Waals surface area contributed by atoms with E-state index in [1.54, 1.807) is 7.05 Å². The number of amides is 1. The molecule has 1 aromatic rings. The molecular formula is C14H22ClN3O3S. The molecule has 6 nitrogen and oxygen atoms in total. The Morgan fingerprint density at radius 2 is 1.86 bits per heavy atom. The Bertz CT molecular complexity index is 604. The van der Waals surface area contributed by atoms with Crippen molar-refractivity contribution in [2.75, 3.05) is 27.2 Å². The average Bonchev–Trinajstić information content (AvgIpc) is 2.54. The molecule has 1 atom stereocenters. The largest absolute Gasteiger partial charge is 0.355 e. The third-order valence-electron chi connectivity index (χ3n) is 3.77. The number of benzene rings is 1. The fraction of sp³-hybridized carbons (Fsp3) is 0.500. The Kier molecular flexibility index (Phi) is 6.80. The number of piperidine rings is 1. The van der Waals surface area contributed by atoms with Crippen molar-refractivity contribution in [2.24, 2.45) is 0 Å². The van der Waals surface area contributed by atoms with Gasteiger partial charge in [-0.15, -0.1) is 12.4 Å². The Hall–Kier alpha value is -1.15. The Labute approximate surface area is 137 Å². The molecule has 0 aromatic heterocycles. The van der Waals surface area contributed by atoms with Gasteiger partial charge in [-0.2, -0.15) is 4.31 Å². The fourth-order valence-electron chi connectivity index (χ4n) is 2.47. The molecule has 0 bridgehead atoms. The minimum Gasteiger partial charge on any atom is -0.355 e. The van der Waals surface area contributed by atoms with Gasteiger partial charge >= 0.3 is 0 Å². The van der Waals surface area contributed by atoms with Gasteiger partial charge in [0.1, 0.15) is 0 Å². The van der Waals surface area contributed by atoms with Crippen LogP contribution in [0.2, 0.25) is 0 Å². The number of nitrogens with one attached hydrogen (secondary N) is 2. The molecule has 1 unspecified atom stereocenters. The highest BCUT2D eigenvalue weighted by Gasteiger charge is 2.29. The average molecular weight is 348 g/mol. The third kappa shape index (κ3) is 3.98. The highest BCUT2D eigenvalue weighted by Crippen LogP contribution is 2.21. The van der Waals surface area contributed by atoms with Gasteiger partial charge in [-0.1, -0.05) is 0 Å². The predicted molar refractivity (Wildman–Crippen MR) is 87.9 cm³/mol. The molecule has 0 saturated carbocycles. The van der Waals surface area contributed by atoms with Crippen molar-refractivity contribution in [2.45, 2.75) is 23.8 Å². The number of carbonyl (C=O) groups excluding carboxylic acids is 1. The van der Waals surface area contributed by atoms with Gasteiger partial charge in [0, 0.05) is 31.7 Å². The summed E-state index contributed by atoms with van der Waals surface area (Å²) in [5.41, 5.74) is 0.447. The zero-order valence-electron chi connectivity index (χ0n) is 12.7. The van der Waals surface area contributed by atoms with Gasteiger partial charge in [0.25, 0.3) is 5.91 Å². The minimum atomic E-state index is -3.49. The second-order valence-electron chi connectivity index (χ2n) is 5.09. The molecule has 2 N–H and O–H groups in total. The number of carbonyl (C=O) groups is 1. The first-order chi connectivity index (χ1) is 9.98. The van der Waals surface area contributed by atoms with Gasteiger partial charge in [0.2, 0.25) is 10.0 Å². The molecular weight excluding hydrogens is 326 g/mol. The van der Waals surface area contributed by atoms with E-state index in [9.17, 15) is 13.2 Å². The highest BCUT2D eigenvalue weighted by atomic mass is 35.5. The van der Waals surface area contributed by atoms with Crippen molar-refractivity contribution >= 4 is 28.3 Å². The standard InChI is InChI=1S/C14H21N3O3S.ClH/c1-15-12-4-3-9-17(10-12)21(19,20)13-7-5-11(6-8-13)14(18)16-2;/h5-8,12,15H,3-4,9-10H2,1-2H3,(H,16,18);1H. The first kappa shape index (κ1) is 18.9. The molecule has 124 valence electrons. The molecule has 1 aliphatic heterocycles. The summed E-state index contributed by atoms with van der Waals surface area (Å²) < 4.78 is 26.7. The lowest BCUT2D eigenvalue weighted by Gasteiger charge is -2.31. The number of hydrogen-bond donors (Lipinski definition) is 2. The second kappa shape index (κ2) is 7.92. The molecule has 1 saturated heterocycles. The maximum atomic E-state index is 12.6. The number of hydrogen-bond acceptors (Lipinski definition) is 4. The van der Waals surface area contributed by atoms with Crippen molar-refractivity contribution in [1.82, 2.24) is 14.9 Å². The lowest BCUT2D eigenvalue weighted by molar-refractivity contribution is 0.0963. The molecule has 1 fully saturated rings. The van der Waals surface area contributed by atoms with Gasteiger partial charge in [-0.25, -0.2) is 8.42 Å². The Balaban J connectivity index is 0.00000242. The maximum absolute atomic E-state index is 12.6. The lowest BCUT2D eigenvalue weighted by Crippen LogP contribution is -2.46. The molecule has 0 aliphatic carbocycles. The van der Waals surface area contributed by atoms with E-state index >= 15 is 0 Å².